The van der Waals surface area contributed by atoms with Crippen LogP contribution in [0.15, 0.2) is 72.8 Å². The minimum absolute atomic E-state index is 0.0606. The standard InChI is InChI=1S/C28H30N2O2S/c1-5-19-9-11-20(12-10-19)26(32)29-23-8-6-7-21(17-23)27-30(25(31)18-33-27)24-15-13-22(14-16-24)28(2,3)4/h6-17,27H,5,18H2,1-4H3,(H,29,32)/t27-/m1/s1. The first kappa shape index (κ1) is 23.1. The van der Waals surface area contributed by atoms with Gasteiger partial charge >= 0.3 is 0 Å². The van der Waals surface area contributed by atoms with E-state index in [1.165, 1.54) is 11.1 Å². The second kappa shape index (κ2) is 9.44. The molecule has 0 unspecified atom stereocenters. The fraction of sp³-hybridized carbons (Fsp3) is 0.286. The molecule has 170 valence electrons. The van der Waals surface area contributed by atoms with Gasteiger partial charge in [-0.15, -0.1) is 11.8 Å². The van der Waals surface area contributed by atoms with Gasteiger partial charge in [-0.3, -0.25) is 14.5 Å². The smallest absolute Gasteiger partial charge is 0.255 e. The molecule has 2 amide bonds. The van der Waals surface area contributed by atoms with Gasteiger partial charge in [0.25, 0.3) is 5.91 Å². The fourth-order valence-electron chi connectivity index (χ4n) is 3.94. The average molecular weight is 459 g/mol. The molecule has 1 saturated heterocycles. The number of hydrogen-bond donors (Lipinski definition) is 1. The molecular weight excluding hydrogens is 428 g/mol. The zero-order valence-corrected chi connectivity index (χ0v) is 20.4. The van der Waals surface area contributed by atoms with Crippen molar-refractivity contribution in [3.8, 4) is 0 Å². The summed E-state index contributed by atoms with van der Waals surface area (Å²) in [5.41, 5.74) is 5.73. The molecule has 0 aromatic heterocycles. The number of carbonyl (C=O) groups excluding carboxylic acids is 2. The Morgan fingerprint density at radius 2 is 1.73 bits per heavy atom. The van der Waals surface area contributed by atoms with Crippen molar-refractivity contribution in [2.45, 2.75) is 44.9 Å². The summed E-state index contributed by atoms with van der Waals surface area (Å²) in [6, 6.07) is 23.7. The van der Waals surface area contributed by atoms with Crippen molar-refractivity contribution in [3.63, 3.8) is 0 Å². The zero-order valence-electron chi connectivity index (χ0n) is 19.6. The molecule has 0 spiro atoms. The van der Waals surface area contributed by atoms with Gasteiger partial charge in [0.15, 0.2) is 0 Å². The lowest BCUT2D eigenvalue weighted by molar-refractivity contribution is -0.115. The lowest BCUT2D eigenvalue weighted by Gasteiger charge is -2.26. The van der Waals surface area contributed by atoms with Crippen LogP contribution in [0, 0.1) is 0 Å². The highest BCUT2D eigenvalue weighted by molar-refractivity contribution is 8.00. The van der Waals surface area contributed by atoms with Crippen LogP contribution in [0.5, 0.6) is 0 Å². The number of amides is 2. The molecule has 0 bridgehead atoms. The Morgan fingerprint density at radius 1 is 1.03 bits per heavy atom. The number of carbonyl (C=O) groups is 2. The van der Waals surface area contributed by atoms with Gasteiger partial charge in [-0.1, -0.05) is 64.1 Å². The van der Waals surface area contributed by atoms with Crippen LogP contribution in [0.4, 0.5) is 11.4 Å². The summed E-state index contributed by atoms with van der Waals surface area (Å²) in [7, 11) is 0. The van der Waals surface area contributed by atoms with Crippen molar-refractivity contribution in [3.05, 3.63) is 95.1 Å². The maximum atomic E-state index is 12.8. The fourth-order valence-corrected chi connectivity index (χ4v) is 5.10. The minimum Gasteiger partial charge on any atom is -0.322 e. The Morgan fingerprint density at radius 3 is 2.36 bits per heavy atom. The number of aryl methyl sites for hydroxylation is 1. The third-order valence-electron chi connectivity index (χ3n) is 5.93. The molecule has 1 fully saturated rings. The van der Waals surface area contributed by atoms with E-state index in [0.717, 1.165) is 23.4 Å². The van der Waals surface area contributed by atoms with Crippen molar-refractivity contribution in [1.29, 1.82) is 0 Å². The van der Waals surface area contributed by atoms with Gasteiger partial charge in [-0.25, -0.2) is 0 Å². The minimum atomic E-state index is -0.139. The molecule has 4 nitrogen and oxygen atoms in total. The van der Waals surface area contributed by atoms with Crippen LogP contribution in [0.25, 0.3) is 0 Å². The summed E-state index contributed by atoms with van der Waals surface area (Å²) < 4.78 is 0. The largest absolute Gasteiger partial charge is 0.322 e. The quantitative estimate of drug-likeness (QED) is 0.470. The predicted molar refractivity (Wildman–Crippen MR) is 138 cm³/mol. The van der Waals surface area contributed by atoms with Gasteiger partial charge in [0.2, 0.25) is 5.91 Å². The number of anilines is 2. The van der Waals surface area contributed by atoms with E-state index in [4.69, 9.17) is 0 Å². The van der Waals surface area contributed by atoms with Crippen molar-refractivity contribution in [2.24, 2.45) is 0 Å². The molecule has 1 aliphatic heterocycles. The SMILES string of the molecule is CCc1ccc(C(=O)Nc2cccc([C@H]3SCC(=O)N3c3ccc(C(C)(C)C)cc3)c2)cc1. The second-order valence-electron chi connectivity index (χ2n) is 9.35. The molecule has 5 heteroatoms. The number of nitrogens with zero attached hydrogens (tertiary/aromatic N) is 1. The van der Waals surface area contributed by atoms with Crippen LogP contribution in [0.2, 0.25) is 0 Å². The van der Waals surface area contributed by atoms with Gasteiger partial charge < -0.3 is 5.32 Å². The first-order valence-electron chi connectivity index (χ1n) is 11.3. The van der Waals surface area contributed by atoms with Crippen LogP contribution >= 0.6 is 11.8 Å². The van der Waals surface area contributed by atoms with Crippen LogP contribution in [0.1, 0.15) is 60.1 Å². The number of hydrogen-bond acceptors (Lipinski definition) is 3. The summed E-state index contributed by atoms with van der Waals surface area (Å²) in [4.78, 5) is 27.4. The average Bonchev–Trinajstić information content (AvgIpc) is 3.20. The van der Waals surface area contributed by atoms with Gasteiger partial charge in [0, 0.05) is 16.9 Å². The van der Waals surface area contributed by atoms with E-state index in [1.807, 2.05) is 65.6 Å². The van der Waals surface area contributed by atoms with Crippen molar-refractivity contribution in [2.75, 3.05) is 16.0 Å². The van der Waals surface area contributed by atoms with Crippen molar-refractivity contribution < 1.29 is 9.59 Å². The molecule has 0 aliphatic carbocycles. The Balaban J connectivity index is 1.55. The first-order valence-corrected chi connectivity index (χ1v) is 12.4. The lowest BCUT2D eigenvalue weighted by Crippen LogP contribution is -2.28. The Kier molecular flexibility index (Phi) is 6.61. The van der Waals surface area contributed by atoms with Crippen LogP contribution in [-0.2, 0) is 16.6 Å². The van der Waals surface area contributed by atoms with E-state index in [2.05, 4.69) is 45.1 Å². The maximum absolute atomic E-state index is 12.8. The van der Waals surface area contributed by atoms with Crippen molar-refractivity contribution >= 4 is 35.0 Å². The highest BCUT2D eigenvalue weighted by Crippen LogP contribution is 2.42. The predicted octanol–water partition coefficient (Wildman–Crippen LogP) is 6.58. The Bertz CT molecular complexity index is 1150. The zero-order chi connectivity index (χ0) is 23.6. The number of benzene rings is 3. The van der Waals surface area contributed by atoms with E-state index in [1.54, 1.807) is 11.8 Å². The number of rotatable bonds is 5. The molecule has 0 saturated carbocycles. The third-order valence-corrected chi connectivity index (χ3v) is 7.15. The van der Waals surface area contributed by atoms with E-state index in [-0.39, 0.29) is 22.6 Å². The summed E-state index contributed by atoms with van der Waals surface area (Å²) in [5.74, 6) is 0.394. The molecule has 1 aliphatic rings. The third kappa shape index (κ3) is 5.14. The van der Waals surface area contributed by atoms with Crippen LogP contribution in [0.3, 0.4) is 0 Å². The van der Waals surface area contributed by atoms with Gasteiger partial charge in [0.05, 0.1) is 5.75 Å². The number of nitrogens with one attached hydrogen (secondary N) is 1. The van der Waals surface area contributed by atoms with Gasteiger partial charge in [-0.2, -0.15) is 0 Å². The number of thioether (sulfide) groups is 1. The molecule has 0 radical (unpaired) electrons. The molecule has 33 heavy (non-hydrogen) atoms. The summed E-state index contributed by atoms with van der Waals surface area (Å²) >= 11 is 1.61. The molecule has 3 aromatic carbocycles. The maximum Gasteiger partial charge on any atom is 0.255 e. The summed E-state index contributed by atoms with van der Waals surface area (Å²) in [6.07, 6.45) is 0.942. The van der Waals surface area contributed by atoms with Crippen LogP contribution in [-0.4, -0.2) is 17.6 Å². The summed E-state index contributed by atoms with van der Waals surface area (Å²) in [5, 5.41) is 2.87. The monoisotopic (exact) mass is 458 g/mol. The lowest BCUT2D eigenvalue weighted by atomic mass is 9.87. The van der Waals surface area contributed by atoms with Crippen molar-refractivity contribution in [1.82, 2.24) is 0 Å². The van der Waals surface area contributed by atoms with E-state index in [9.17, 15) is 9.59 Å². The molecule has 1 atom stereocenters. The normalized spacial score (nSPS) is 16.2. The highest BCUT2D eigenvalue weighted by Gasteiger charge is 2.34. The highest BCUT2D eigenvalue weighted by atomic mass is 32.2. The molecule has 3 aromatic rings. The molecular formula is C28H30N2O2S. The van der Waals surface area contributed by atoms with Gasteiger partial charge in [0.1, 0.15) is 5.37 Å². The van der Waals surface area contributed by atoms with Gasteiger partial charge in [-0.05, 0) is 64.9 Å². The van der Waals surface area contributed by atoms with E-state index < -0.39 is 0 Å². The Hall–Kier alpha value is -3.05. The topological polar surface area (TPSA) is 49.4 Å². The second-order valence-corrected chi connectivity index (χ2v) is 10.4. The summed E-state index contributed by atoms with van der Waals surface area (Å²) in [6.45, 7) is 8.63. The molecule has 1 N–H and O–H groups in total. The molecule has 4 rings (SSSR count). The van der Waals surface area contributed by atoms with Crippen LogP contribution < -0.4 is 10.2 Å². The molecule has 1 heterocycles. The van der Waals surface area contributed by atoms with E-state index >= 15 is 0 Å². The first-order chi connectivity index (χ1) is 15.8. The van der Waals surface area contributed by atoms with E-state index in [0.29, 0.717) is 11.3 Å². The Labute approximate surface area is 200 Å².